The van der Waals surface area contributed by atoms with Gasteiger partial charge in [-0.2, -0.15) is 0 Å². The highest BCUT2D eigenvalue weighted by molar-refractivity contribution is 6.12. The fourth-order valence-electron chi connectivity index (χ4n) is 10.5. The molecule has 4 aromatic carbocycles. The molecule has 96 heavy (non-hydrogen) atoms. The number of esters is 2. The van der Waals surface area contributed by atoms with E-state index in [2.05, 4.69) is 130 Å². The normalized spacial score (nSPS) is 15.0. The van der Waals surface area contributed by atoms with Crippen LogP contribution in [0.25, 0.3) is 4.85 Å². The number of amides is 5. The minimum atomic E-state index is -0.586. The Bertz CT molecular complexity index is 3670. The summed E-state index contributed by atoms with van der Waals surface area (Å²) >= 11 is 0. The van der Waals surface area contributed by atoms with Crippen LogP contribution in [-0.2, 0) is 60.0 Å². The van der Waals surface area contributed by atoms with E-state index in [4.69, 9.17) is 35.0 Å². The van der Waals surface area contributed by atoms with Crippen LogP contribution in [0, 0.1) is 13.5 Å². The Morgan fingerprint density at radius 2 is 1.00 bits per heavy atom. The maximum Gasteiger partial charge on any atom is 0.319 e. The van der Waals surface area contributed by atoms with Crippen molar-refractivity contribution in [1.82, 2.24) is 15.1 Å². The van der Waals surface area contributed by atoms with E-state index in [0.717, 1.165) is 42.7 Å². The largest absolute Gasteiger partial charge is 0.493 e. The zero-order valence-electron chi connectivity index (χ0n) is 59.8. The van der Waals surface area contributed by atoms with E-state index in [1.165, 1.54) is 44.2 Å². The number of fused-ring (bicyclic) bond motifs is 2. The number of nitrogens with zero attached hydrogens (tertiary/aromatic N) is 3. The monoisotopic (exact) mass is 1320 g/mol. The Labute approximate surface area is 567 Å². The lowest BCUT2D eigenvalue weighted by Gasteiger charge is -2.30. The molecular weight excluding hydrogens is 1220 g/mol. The number of ether oxygens (including phenoxy) is 6. The summed E-state index contributed by atoms with van der Waals surface area (Å²) in [5.74, 6) is 0.0169. The number of carbonyl (C=O) groups excluding carboxylic acids is 9. The van der Waals surface area contributed by atoms with Crippen molar-refractivity contribution in [3.63, 3.8) is 0 Å². The SMILES string of the molecule is CC(C)NC(=O)COc1ccc2c(c1)OC(=O)CC2=O.CCOC1=C(C)CC(=O)N(CCCOc2ccc(C(C)(C)CC)cc2C(C)(C)CC)C1=O.Cc1ccc2c(c1)OC(=O)CC2=O.[C-]#[N+]C1=C(C)CC(=O)N(CCCOc2ccc(C(C)(C)CC)cc2C(C)(C)CC)C1=O. The van der Waals surface area contributed by atoms with Crippen molar-refractivity contribution in [2.24, 2.45) is 0 Å². The molecule has 0 aliphatic carbocycles. The van der Waals surface area contributed by atoms with Gasteiger partial charge in [0.1, 0.15) is 41.6 Å². The highest BCUT2D eigenvalue weighted by Crippen LogP contribution is 2.41. The molecule has 4 aromatic rings. The third-order valence-electron chi connectivity index (χ3n) is 18.2. The quantitative estimate of drug-likeness (QED) is 0.0172. The Kier molecular flexibility index (Phi) is 27.7. The van der Waals surface area contributed by atoms with Gasteiger partial charge in [0.25, 0.3) is 17.7 Å². The van der Waals surface area contributed by atoms with Gasteiger partial charge >= 0.3 is 11.9 Å². The number of hydrogen-bond acceptors (Lipinski definition) is 15. The molecule has 5 amide bonds. The smallest absolute Gasteiger partial charge is 0.319 e. The van der Waals surface area contributed by atoms with Crippen LogP contribution in [0.5, 0.6) is 28.7 Å². The molecule has 0 saturated heterocycles. The van der Waals surface area contributed by atoms with Gasteiger partial charge in [-0.05, 0) is 153 Å². The van der Waals surface area contributed by atoms with Gasteiger partial charge in [0.15, 0.2) is 23.9 Å². The van der Waals surface area contributed by atoms with Crippen LogP contribution in [0.1, 0.15) is 230 Å². The summed E-state index contributed by atoms with van der Waals surface area (Å²) in [5.41, 5.74) is 8.34. The number of imide groups is 2. The first-order valence-electron chi connectivity index (χ1n) is 33.4. The summed E-state index contributed by atoms with van der Waals surface area (Å²) in [6.07, 6.45) is 5.18. The fraction of sp³-hybridized carbons (Fsp3) is 0.506. The maximum atomic E-state index is 12.7. The number of ketones is 2. The van der Waals surface area contributed by atoms with Gasteiger partial charge in [-0.3, -0.25) is 53.0 Å². The zero-order valence-corrected chi connectivity index (χ0v) is 59.8. The first-order chi connectivity index (χ1) is 45.1. The number of hydrogen-bond donors (Lipinski definition) is 1. The lowest BCUT2D eigenvalue weighted by Crippen LogP contribution is -2.43. The van der Waals surface area contributed by atoms with Gasteiger partial charge in [0, 0.05) is 42.7 Å². The molecule has 4 heterocycles. The minimum absolute atomic E-state index is 0.0112. The Balaban J connectivity index is 0.000000242. The van der Waals surface area contributed by atoms with Crippen LogP contribution in [-0.4, -0.2) is 108 Å². The summed E-state index contributed by atoms with van der Waals surface area (Å²) < 4.78 is 33.0. The van der Waals surface area contributed by atoms with Crippen LogP contribution < -0.4 is 29.0 Å². The molecule has 8 rings (SSSR count). The summed E-state index contributed by atoms with van der Waals surface area (Å²) in [4.78, 5) is 112. The first-order valence-corrected chi connectivity index (χ1v) is 33.4. The van der Waals surface area contributed by atoms with Gasteiger partial charge in [-0.15, -0.1) is 0 Å². The third-order valence-corrected chi connectivity index (χ3v) is 18.2. The fourth-order valence-corrected chi connectivity index (χ4v) is 10.5. The Morgan fingerprint density at radius 1 is 0.552 bits per heavy atom. The minimum Gasteiger partial charge on any atom is -0.493 e. The molecule has 4 aliphatic rings. The molecule has 0 saturated carbocycles. The number of Topliss-reactive ketones (excluding diaryl/α,β-unsaturated/α-hetero) is 2. The summed E-state index contributed by atoms with van der Waals surface area (Å²) in [5, 5.41) is 2.69. The van der Waals surface area contributed by atoms with Gasteiger partial charge < -0.3 is 33.7 Å². The summed E-state index contributed by atoms with van der Waals surface area (Å²) in [6.45, 7) is 46.5. The molecule has 0 spiro atoms. The Morgan fingerprint density at radius 3 is 1.45 bits per heavy atom. The molecule has 0 fully saturated rings. The van der Waals surface area contributed by atoms with E-state index in [1.54, 1.807) is 32.0 Å². The number of aryl methyl sites for hydroxylation is 1. The van der Waals surface area contributed by atoms with Crippen LogP contribution in [0.4, 0.5) is 0 Å². The van der Waals surface area contributed by atoms with E-state index < -0.39 is 17.8 Å². The van der Waals surface area contributed by atoms with Crippen molar-refractivity contribution in [1.29, 1.82) is 0 Å². The maximum absolute atomic E-state index is 12.7. The van der Waals surface area contributed by atoms with Gasteiger partial charge in [-0.1, -0.05) is 126 Å². The zero-order chi connectivity index (χ0) is 71.6. The highest BCUT2D eigenvalue weighted by Gasteiger charge is 2.35. The average Bonchev–Trinajstić information content (AvgIpc) is 0.901. The van der Waals surface area contributed by atoms with Crippen LogP contribution >= 0.6 is 0 Å². The molecule has 0 aromatic heterocycles. The highest BCUT2D eigenvalue weighted by atomic mass is 16.5. The lowest BCUT2D eigenvalue weighted by atomic mass is 9.76. The van der Waals surface area contributed by atoms with Crippen molar-refractivity contribution in [2.45, 2.75) is 217 Å². The van der Waals surface area contributed by atoms with Crippen molar-refractivity contribution in [3.05, 3.63) is 146 Å². The van der Waals surface area contributed by atoms with Crippen molar-refractivity contribution in [3.8, 4) is 28.7 Å². The van der Waals surface area contributed by atoms with Crippen molar-refractivity contribution < 1.29 is 71.6 Å². The van der Waals surface area contributed by atoms with Gasteiger partial charge in [0.05, 0.1) is 43.9 Å². The second kappa shape index (κ2) is 34.1. The van der Waals surface area contributed by atoms with Crippen molar-refractivity contribution >= 4 is 53.0 Å². The van der Waals surface area contributed by atoms with E-state index in [1.807, 2.05) is 33.8 Å². The average molecular weight is 1320 g/mol. The molecule has 0 unspecified atom stereocenters. The molecule has 1 N–H and O–H groups in total. The molecule has 4 aliphatic heterocycles. The number of rotatable bonds is 24. The molecular formula is C77H100N4O15. The summed E-state index contributed by atoms with van der Waals surface area (Å²) in [6, 6.07) is 22.8. The predicted molar refractivity (Wildman–Crippen MR) is 368 cm³/mol. The van der Waals surface area contributed by atoms with Gasteiger partial charge in [0.2, 0.25) is 17.5 Å². The topological polar surface area (TPSA) is 232 Å². The number of nitrogens with one attached hydrogen (secondary N) is 1. The first kappa shape index (κ1) is 77.8. The Hall–Kier alpha value is -8.92. The molecule has 0 radical (unpaired) electrons. The van der Waals surface area contributed by atoms with E-state index in [0.29, 0.717) is 78.7 Å². The van der Waals surface area contributed by atoms with Crippen molar-refractivity contribution in [2.75, 3.05) is 39.5 Å². The summed E-state index contributed by atoms with van der Waals surface area (Å²) in [7, 11) is 0. The predicted octanol–water partition coefficient (Wildman–Crippen LogP) is 14.3. The number of carbonyl (C=O) groups is 9. The lowest BCUT2D eigenvalue weighted by molar-refractivity contribution is -0.146. The van der Waals surface area contributed by atoms with E-state index in [-0.39, 0.29) is 113 Å². The van der Waals surface area contributed by atoms with Crippen LogP contribution in [0.3, 0.4) is 0 Å². The number of benzene rings is 4. The molecule has 0 atom stereocenters. The van der Waals surface area contributed by atoms with Gasteiger partial charge in [-0.25, -0.2) is 4.85 Å². The second-order valence-electron chi connectivity index (χ2n) is 27.4. The molecule has 0 bridgehead atoms. The van der Waals surface area contributed by atoms with Crippen LogP contribution in [0.15, 0.2) is 95.4 Å². The standard InChI is InChI=1S/C27H41NO4.C26H36N2O3.C14H15NO5.C10H8O3/c1-9-26(5,6)20-13-14-22(21(18-20)27(7,8)10-2)32-16-12-15-28-23(29)17-19(4)24(25(28)30)31-11-3;1-9-25(4,5)19-12-13-21(20(17-19)26(6,7)10-2)31-15-11-14-28-22(29)16-18(3)23(27-8)24(28)30;1-8(2)15-13(17)7-19-9-3-4-10-11(16)6-14(18)20-12(10)5-9;1-6-2-3-7-8(11)5-10(12)13-9(7)4-6/h13-14,18H,9-12,15-17H2,1-8H3;12-13,17H,9-11,14-16H2,1-7H3;3-5,8H,6-7H2,1-2H3,(H,15,17);2-4H,5H2,1H3. The van der Waals surface area contributed by atoms with Crippen LogP contribution in [0.2, 0.25) is 0 Å². The molecule has 19 heteroatoms. The molecule has 19 nitrogen and oxygen atoms in total. The second-order valence-corrected chi connectivity index (χ2v) is 27.4. The third kappa shape index (κ3) is 20.6. The molecule has 518 valence electrons. The van der Waals surface area contributed by atoms with E-state index >= 15 is 0 Å². The van der Waals surface area contributed by atoms with E-state index in [9.17, 15) is 43.2 Å².